The number of piperidine rings is 1. The molecule has 1 saturated heterocycles. The zero-order valence-electron chi connectivity index (χ0n) is 9.95. The summed E-state index contributed by atoms with van der Waals surface area (Å²) in [6.45, 7) is 3.19. The SMILES string of the molecule is CC1CCCN(Cc2ccc(F)cc2N)C1=O. The van der Waals surface area contributed by atoms with E-state index in [1.807, 2.05) is 6.92 Å². The van der Waals surface area contributed by atoms with Crippen LogP contribution in [0.5, 0.6) is 0 Å². The van der Waals surface area contributed by atoms with Crippen LogP contribution in [0.25, 0.3) is 0 Å². The van der Waals surface area contributed by atoms with Crippen LogP contribution in [0.4, 0.5) is 10.1 Å². The van der Waals surface area contributed by atoms with Gasteiger partial charge in [0.15, 0.2) is 0 Å². The number of nitrogens with zero attached hydrogens (tertiary/aromatic N) is 1. The van der Waals surface area contributed by atoms with Crippen molar-refractivity contribution in [3.8, 4) is 0 Å². The first-order valence-corrected chi connectivity index (χ1v) is 5.90. The number of nitrogens with two attached hydrogens (primary N) is 1. The largest absolute Gasteiger partial charge is 0.398 e. The topological polar surface area (TPSA) is 46.3 Å². The molecule has 1 aliphatic heterocycles. The second-order valence-corrected chi connectivity index (χ2v) is 4.65. The van der Waals surface area contributed by atoms with Crippen LogP contribution in [0.2, 0.25) is 0 Å². The predicted octanol–water partition coefficient (Wildman–Crippen LogP) is 2.17. The van der Waals surface area contributed by atoms with Crippen LogP contribution in [-0.4, -0.2) is 17.4 Å². The van der Waals surface area contributed by atoms with Crippen molar-refractivity contribution in [3.05, 3.63) is 29.6 Å². The smallest absolute Gasteiger partial charge is 0.225 e. The molecule has 17 heavy (non-hydrogen) atoms. The second-order valence-electron chi connectivity index (χ2n) is 4.65. The van der Waals surface area contributed by atoms with Gasteiger partial charge in [0, 0.05) is 24.7 Å². The third-order valence-electron chi connectivity index (χ3n) is 3.27. The van der Waals surface area contributed by atoms with Crippen molar-refractivity contribution in [3.63, 3.8) is 0 Å². The van der Waals surface area contributed by atoms with Gasteiger partial charge in [-0.05, 0) is 30.5 Å². The molecule has 0 aliphatic carbocycles. The Bertz CT molecular complexity index is 433. The summed E-state index contributed by atoms with van der Waals surface area (Å²) in [7, 11) is 0. The summed E-state index contributed by atoms with van der Waals surface area (Å²) in [6, 6.07) is 4.33. The molecule has 0 bridgehead atoms. The van der Waals surface area contributed by atoms with E-state index in [1.54, 1.807) is 11.0 Å². The molecule has 0 saturated carbocycles. The van der Waals surface area contributed by atoms with E-state index in [-0.39, 0.29) is 17.6 Å². The molecule has 0 radical (unpaired) electrons. The maximum atomic E-state index is 12.9. The molecule has 1 aliphatic rings. The van der Waals surface area contributed by atoms with Gasteiger partial charge in [-0.3, -0.25) is 4.79 Å². The van der Waals surface area contributed by atoms with E-state index < -0.39 is 0 Å². The Morgan fingerprint density at radius 1 is 1.53 bits per heavy atom. The molecule has 2 rings (SSSR count). The number of halogens is 1. The highest BCUT2D eigenvalue weighted by Crippen LogP contribution is 2.22. The van der Waals surface area contributed by atoms with Gasteiger partial charge in [-0.1, -0.05) is 13.0 Å². The molecule has 1 atom stereocenters. The Balaban J connectivity index is 2.12. The number of rotatable bonds is 2. The number of amides is 1. The van der Waals surface area contributed by atoms with Crippen molar-refractivity contribution in [1.29, 1.82) is 0 Å². The number of benzene rings is 1. The highest BCUT2D eigenvalue weighted by Gasteiger charge is 2.25. The molecule has 0 spiro atoms. The Labute approximate surface area is 100 Å². The van der Waals surface area contributed by atoms with Crippen molar-refractivity contribution in [1.82, 2.24) is 4.90 Å². The Morgan fingerprint density at radius 3 is 3.00 bits per heavy atom. The molecule has 1 aromatic rings. The molecular formula is C13H17FN2O. The summed E-state index contributed by atoms with van der Waals surface area (Å²) < 4.78 is 12.9. The molecule has 4 heteroatoms. The van der Waals surface area contributed by atoms with Gasteiger partial charge in [0.2, 0.25) is 5.91 Å². The average Bonchev–Trinajstić information content (AvgIpc) is 2.28. The van der Waals surface area contributed by atoms with Gasteiger partial charge in [0.05, 0.1) is 0 Å². The number of likely N-dealkylation sites (tertiary alicyclic amines) is 1. The quantitative estimate of drug-likeness (QED) is 0.800. The fourth-order valence-electron chi connectivity index (χ4n) is 2.21. The van der Waals surface area contributed by atoms with Crippen molar-refractivity contribution in [2.45, 2.75) is 26.3 Å². The summed E-state index contributed by atoms with van der Waals surface area (Å²) in [5.74, 6) is -0.0880. The van der Waals surface area contributed by atoms with E-state index in [2.05, 4.69) is 0 Å². The standard InChI is InChI=1S/C13H17FN2O/c1-9-3-2-6-16(13(9)17)8-10-4-5-11(14)7-12(10)15/h4-5,7,9H,2-3,6,8,15H2,1H3. The van der Waals surface area contributed by atoms with E-state index in [9.17, 15) is 9.18 Å². The molecule has 1 amide bonds. The normalized spacial score (nSPS) is 20.7. The van der Waals surface area contributed by atoms with Crippen LogP contribution in [0.15, 0.2) is 18.2 Å². The van der Waals surface area contributed by atoms with Crippen LogP contribution in [-0.2, 0) is 11.3 Å². The van der Waals surface area contributed by atoms with E-state index in [1.165, 1.54) is 12.1 Å². The number of carbonyl (C=O) groups excluding carboxylic acids is 1. The number of anilines is 1. The third kappa shape index (κ3) is 2.57. The fraction of sp³-hybridized carbons (Fsp3) is 0.462. The molecule has 92 valence electrons. The van der Waals surface area contributed by atoms with Gasteiger partial charge in [0.25, 0.3) is 0 Å². The molecule has 1 unspecified atom stereocenters. The van der Waals surface area contributed by atoms with E-state index in [0.29, 0.717) is 12.2 Å². The third-order valence-corrected chi connectivity index (χ3v) is 3.27. The van der Waals surface area contributed by atoms with Crippen molar-refractivity contribution in [2.24, 2.45) is 5.92 Å². The minimum Gasteiger partial charge on any atom is -0.398 e. The lowest BCUT2D eigenvalue weighted by Crippen LogP contribution is -2.39. The summed E-state index contributed by atoms with van der Waals surface area (Å²) in [4.78, 5) is 13.7. The monoisotopic (exact) mass is 236 g/mol. The van der Waals surface area contributed by atoms with Gasteiger partial charge in [-0.25, -0.2) is 4.39 Å². The van der Waals surface area contributed by atoms with Gasteiger partial charge < -0.3 is 10.6 Å². The fourth-order valence-corrected chi connectivity index (χ4v) is 2.21. The molecule has 1 heterocycles. The molecule has 1 aromatic carbocycles. The molecule has 2 N–H and O–H groups in total. The summed E-state index contributed by atoms with van der Waals surface area (Å²) in [5.41, 5.74) is 6.97. The average molecular weight is 236 g/mol. The number of carbonyl (C=O) groups is 1. The second kappa shape index (κ2) is 4.73. The van der Waals surface area contributed by atoms with Gasteiger partial charge in [0.1, 0.15) is 5.82 Å². The van der Waals surface area contributed by atoms with Crippen LogP contribution in [0, 0.1) is 11.7 Å². The van der Waals surface area contributed by atoms with E-state index in [0.717, 1.165) is 24.9 Å². The highest BCUT2D eigenvalue weighted by atomic mass is 19.1. The Morgan fingerprint density at radius 2 is 2.29 bits per heavy atom. The highest BCUT2D eigenvalue weighted by molar-refractivity contribution is 5.79. The number of hydrogen-bond donors (Lipinski definition) is 1. The first-order valence-electron chi connectivity index (χ1n) is 5.90. The Kier molecular flexibility index (Phi) is 3.31. The lowest BCUT2D eigenvalue weighted by molar-refractivity contribution is -0.138. The van der Waals surface area contributed by atoms with Crippen LogP contribution in [0.1, 0.15) is 25.3 Å². The predicted molar refractivity (Wildman–Crippen MR) is 64.6 cm³/mol. The van der Waals surface area contributed by atoms with E-state index >= 15 is 0 Å². The van der Waals surface area contributed by atoms with Gasteiger partial charge in [-0.15, -0.1) is 0 Å². The maximum absolute atomic E-state index is 12.9. The van der Waals surface area contributed by atoms with Gasteiger partial charge in [-0.2, -0.15) is 0 Å². The Hall–Kier alpha value is -1.58. The van der Waals surface area contributed by atoms with Crippen molar-refractivity contribution < 1.29 is 9.18 Å². The summed E-state index contributed by atoms with van der Waals surface area (Å²) in [6.07, 6.45) is 1.97. The molecular weight excluding hydrogens is 219 g/mol. The van der Waals surface area contributed by atoms with Crippen LogP contribution >= 0.6 is 0 Å². The van der Waals surface area contributed by atoms with Crippen molar-refractivity contribution >= 4 is 11.6 Å². The zero-order valence-corrected chi connectivity index (χ0v) is 9.95. The molecule has 1 fully saturated rings. The van der Waals surface area contributed by atoms with E-state index in [4.69, 9.17) is 5.73 Å². The van der Waals surface area contributed by atoms with Crippen LogP contribution < -0.4 is 5.73 Å². The lowest BCUT2D eigenvalue weighted by Gasteiger charge is -2.31. The zero-order chi connectivity index (χ0) is 12.4. The van der Waals surface area contributed by atoms with Crippen LogP contribution in [0.3, 0.4) is 0 Å². The minimum atomic E-state index is -0.343. The van der Waals surface area contributed by atoms with Crippen molar-refractivity contribution in [2.75, 3.05) is 12.3 Å². The minimum absolute atomic E-state index is 0.0884. The number of hydrogen-bond acceptors (Lipinski definition) is 2. The summed E-state index contributed by atoms with van der Waals surface area (Å²) >= 11 is 0. The first-order chi connectivity index (χ1) is 8.08. The molecule has 0 aromatic heterocycles. The lowest BCUT2D eigenvalue weighted by atomic mass is 9.98. The van der Waals surface area contributed by atoms with Gasteiger partial charge >= 0.3 is 0 Å². The molecule has 3 nitrogen and oxygen atoms in total. The summed E-state index contributed by atoms with van der Waals surface area (Å²) in [5, 5.41) is 0. The first kappa shape index (κ1) is 11.9. The maximum Gasteiger partial charge on any atom is 0.225 e. The number of nitrogen functional groups attached to an aromatic ring is 1.